The third-order valence-corrected chi connectivity index (χ3v) is 4.95. The third-order valence-electron chi connectivity index (χ3n) is 3.84. The molecule has 5 nitrogen and oxygen atoms in total. The van der Waals surface area contributed by atoms with Gasteiger partial charge >= 0.3 is 0 Å². The first-order valence-electron chi connectivity index (χ1n) is 8.24. The Morgan fingerprint density at radius 2 is 1.93 bits per heavy atom. The summed E-state index contributed by atoms with van der Waals surface area (Å²) in [6.07, 6.45) is 3.31. The number of anilines is 1. The van der Waals surface area contributed by atoms with Crippen molar-refractivity contribution in [3.05, 3.63) is 89.5 Å². The summed E-state index contributed by atoms with van der Waals surface area (Å²) in [5.41, 5.74) is 2.16. The quantitative estimate of drug-likeness (QED) is 0.683. The molecule has 1 heterocycles. The number of aryl methyl sites for hydroxylation is 1. The zero-order valence-corrected chi connectivity index (χ0v) is 15.4. The number of carbonyl (C=O) groups excluding carboxylic acids is 1. The topological polar surface area (TPSA) is 71.1 Å². The second-order valence-electron chi connectivity index (χ2n) is 5.92. The lowest BCUT2D eigenvalue weighted by atomic mass is 10.2. The van der Waals surface area contributed by atoms with Gasteiger partial charge in [-0.3, -0.25) is 14.5 Å². The molecule has 2 aromatic carbocycles. The second-order valence-corrected chi connectivity index (χ2v) is 7.14. The van der Waals surface area contributed by atoms with Crippen molar-refractivity contribution in [1.29, 1.82) is 0 Å². The van der Waals surface area contributed by atoms with Crippen LogP contribution in [0.4, 0.5) is 10.1 Å². The Bertz CT molecular complexity index is 963. The van der Waals surface area contributed by atoms with Crippen molar-refractivity contribution in [2.24, 2.45) is 0 Å². The standard InChI is InChI=1S/C20H18FN3O2S/c1-14-4-7-17(8-5-14)27(26)24-19-11-16(6-9-18(19)21)20(25)23-13-15-3-2-10-22-12-15/h2-12,24H,13H2,1H3,(H,23,25). The van der Waals surface area contributed by atoms with Crippen LogP contribution in [0.15, 0.2) is 71.9 Å². The molecule has 27 heavy (non-hydrogen) atoms. The fraction of sp³-hybridized carbons (Fsp3) is 0.100. The molecule has 1 amide bonds. The Balaban J connectivity index is 1.70. The average molecular weight is 383 g/mol. The van der Waals surface area contributed by atoms with E-state index in [1.807, 2.05) is 25.1 Å². The molecule has 138 valence electrons. The molecule has 0 fully saturated rings. The van der Waals surface area contributed by atoms with Gasteiger partial charge in [0.25, 0.3) is 5.91 Å². The summed E-state index contributed by atoms with van der Waals surface area (Å²) in [6.45, 7) is 2.23. The maximum atomic E-state index is 14.1. The molecular formula is C20H18FN3O2S. The van der Waals surface area contributed by atoms with Gasteiger partial charge in [-0.2, -0.15) is 0 Å². The highest BCUT2D eigenvalue weighted by atomic mass is 32.2. The highest BCUT2D eigenvalue weighted by Gasteiger charge is 2.12. The van der Waals surface area contributed by atoms with Crippen molar-refractivity contribution in [1.82, 2.24) is 10.3 Å². The number of hydrogen-bond acceptors (Lipinski definition) is 3. The summed E-state index contributed by atoms with van der Waals surface area (Å²) in [6, 6.07) is 14.6. The second kappa shape index (κ2) is 8.55. The minimum atomic E-state index is -1.64. The lowest BCUT2D eigenvalue weighted by molar-refractivity contribution is 0.0951. The molecule has 0 aliphatic rings. The molecule has 7 heteroatoms. The number of nitrogens with zero attached hydrogens (tertiary/aromatic N) is 1. The highest BCUT2D eigenvalue weighted by Crippen LogP contribution is 2.19. The summed E-state index contributed by atoms with van der Waals surface area (Å²) in [5, 5.41) is 2.75. The van der Waals surface area contributed by atoms with Gasteiger partial charge in [-0.25, -0.2) is 8.60 Å². The zero-order valence-electron chi connectivity index (χ0n) is 14.6. The van der Waals surface area contributed by atoms with Crippen LogP contribution in [-0.4, -0.2) is 15.1 Å². The maximum Gasteiger partial charge on any atom is 0.251 e. The number of rotatable bonds is 6. The van der Waals surface area contributed by atoms with Gasteiger partial charge in [-0.15, -0.1) is 0 Å². The average Bonchev–Trinajstić information content (AvgIpc) is 2.69. The Hall–Kier alpha value is -3.06. The number of amides is 1. The predicted octanol–water partition coefficient (Wildman–Crippen LogP) is 3.59. The van der Waals surface area contributed by atoms with E-state index in [9.17, 15) is 13.4 Å². The molecule has 1 unspecified atom stereocenters. The summed E-state index contributed by atoms with van der Waals surface area (Å²) >= 11 is 0. The summed E-state index contributed by atoms with van der Waals surface area (Å²) in [7, 11) is -1.64. The van der Waals surface area contributed by atoms with E-state index in [0.717, 1.165) is 11.1 Å². The lowest BCUT2D eigenvalue weighted by Crippen LogP contribution is -2.23. The highest BCUT2D eigenvalue weighted by molar-refractivity contribution is 7.86. The van der Waals surface area contributed by atoms with E-state index in [-0.39, 0.29) is 17.2 Å². The Labute approximate surface area is 159 Å². The molecule has 1 aromatic heterocycles. The van der Waals surface area contributed by atoms with Gasteiger partial charge in [-0.05, 0) is 48.9 Å². The number of carbonyl (C=O) groups is 1. The van der Waals surface area contributed by atoms with Crippen LogP contribution in [0.25, 0.3) is 0 Å². The van der Waals surface area contributed by atoms with Crippen molar-refractivity contribution in [2.75, 3.05) is 4.72 Å². The number of nitrogens with one attached hydrogen (secondary N) is 2. The van der Waals surface area contributed by atoms with Crippen LogP contribution in [0.1, 0.15) is 21.5 Å². The van der Waals surface area contributed by atoms with E-state index >= 15 is 0 Å². The normalized spacial score (nSPS) is 11.6. The van der Waals surface area contributed by atoms with E-state index in [1.54, 1.807) is 30.6 Å². The van der Waals surface area contributed by atoms with E-state index < -0.39 is 16.8 Å². The third kappa shape index (κ3) is 4.98. The van der Waals surface area contributed by atoms with Crippen LogP contribution in [-0.2, 0) is 17.5 Å². The van der Waals surface area contributed by atoms with Gasteiger partial charge in [0.2, 0.25) is 0 Å². The zero-order chi connectivity index (χ0) is 19.2. The van der Waals surface area contributed by atoms with Crippen molar-refractivity contribution in [3.8, 4) is 0 Å². The first-order valence-corrected chi connectivity index (χ1v) is 9.39. The van der Waals surface area contributed by atoms with Crippen LogP contribution < -0.4 is 10.0 Å². The molecular weight excluding hydrogens is 365 g/mol. The SMILES string of the molecule is Cc1ccc(S(=O)Nc2cc(C(=O)NCc3cccnc3)ccc2F)cc1. The largest absolute Gasteiger partial charge is 0.348 e. The van der Waals surface area contributed by atoms with Gasteiger partial charge in [0.05, 0.1) is 10.6 Å². The van der Waals surface area contributed by atoms with Crippen LogP contribution in [0.5, 0.6) is 0 Å². The first kappa shape index (κ1) is 18.7. The molecule has 0 bridgehead atoms. The van der Waals surface area contributed by atoms with Crippen molar-refractivity contribution < 1.29 is 13.4 Å². The molecule has 0 aliphatic heterocycles. The van der Waals surface area contributed by atoms with Crippen molar-refractivity contribution >= 4 is 22.6 Å². The van der Waals surface area contributed by atoms with E-state index in [4.69, 9.17) is 0 Å². The number of pyridine rings is 1. The monoisotopic (exact) mass is 383 g/mol. The molecule has 0 saturated heterocycles. The molecule has 2 N–H and O–H groups in total. The molecule has 0 radical (unpaired) electrons. The van der Waals surface area contributed by atoms with Crippen molar-refractivity contribution in [2.45, 2.75) is 18.4 Å². The van der Waals surface area contributed by atoms with E-state index in [2.05, 4.69) is 15.0 Å². The van der Waals surface area contributed by atoms with Gasteiger partial charge in [-0.1, -0.05) is 23.8 Å². The van der Waals surface area contributed by atoms with Crippen molar-refractivity contribution in [3.63, 3.8) is 0 Å². The molecule has 0 spiro atoms. The van der Waals surface area contributed by atoms with Crippen LogP contribution in [0, 0.1) is 12.7 Å². The van der Waals surface area contributed by atoms with Crippen LogP contribution in [0.3, 0.4) is 0 Å². The van der Waals surface area contributed by atoms with Crippen LogP contribution in [0.2, 0.25) is 0 Å². The Morgan fingerprint density at radius 3 is 2.63 bits per heavy atom. The number of aromatic nitrogens is 1. The fourth-order valence-corrected chi connectivity index (χ4v) is 3.21. The Morgan fingerprint density at radius 1 is 1.15 bits per heavy atom. The van der Waals surface area contributed by atoms with E-state index in [0.29, 0.717) is 11.4 Å². The maximum absolute atomic E-state index is 14.1. The fourth-order valence-electron chi connectivity index (χ4n) is 2.35. The number of hydrogen-bond donors (Lipinski definition) is 2. The predicted molar refractivity (Wildman–Crippen MR) is 103 cm³/mol. The van der Waals surface area contributed by atoms with Gasteiger partial charge in [0, 0.05) is 24.5 Å². The molecule has 1 atom stereocenters. The summed E-state index contributed by atoms with van der Waals surface area (Å²) < 4.78 is 29.1. The summed E-state index contributed by atoms with van der Waals surface area (Å²) in [4.78, 5) is 16.8. The smallest absolute Gasteiger partial charge is 0.251 e. The lowest BCUT2D eigenvalue weighted by Gasteiger charge is -2.10. The molecule has 0 saturated carbocycles. The van der Waals surface area contributed by atoms with Gasteiger partial charge < -0.3 is 5.32 Å². The Kier molecular flexibility index (Phi) is 5.93. The van der Waals surface area contributed by atoms with E-state index in [1.165, 1.54) is 18.2 Å². The molecule has 3 rings (SSSR count). The van der Waals surface area contributed by atoms with Gasteiger partial charge in [0.1, 0.15) is 16.8 Å². The molecule has 0 aliphatic carbocycles. The molecule has 3 aromatic rings. The van der Waals surface area contributed by atoms with Gasteiger partial charge in [0.15, 0.2) is 0 Å². The summed E-state index contributed by atoms with van der Waals surface area (Å²) in [5.74, 6) is -0.942. The number of benzene rings is 2. The minimum absolute atomic E-state index is 0.00272. The minimum Gasteiger partial charge on any atom is -0.348 e. The van der Waals surface area contributed by atoms with Crippen LogP contribution >= 0.6 is 0 Å². The number of halogens is 1. The first-order chi connectivity index (χ1) is 13.0.